The lowest BCUT2D eigenvalue weighted by Gasteiger charge is -2.09. The molecule has 1 aromatic heterocycles. The Morgan fingerprint density at radius 2 is 1.78 bits per heavy atom. The first kappa shape index (κ1) is 16.9. The van der Waals surface area contributed by atoms with Crippen molar-refractivity contribution in [1.82, 2.24) is 9.97 Å². The van der Waals surface area contributed by atoms with Crippen LogP contribution in [0.25, 0.3) is 11.4 Å². The van der Waals surface area contributed by atoms with E-state index in [2.05, 4.69) is 9.97 Å². The normalized spacial score (nSPS) is 11.8. The molecule has 2 aromatic rings. The quantitative estimate of drug-likeness (QED) is 0.578. The van der Waals surface area contributed by atoms with Crippen LogP contribution in [0.1, 0.15) is 20.3 Å². The minimum absolute atomic E-state index is 0.436. The summed E-state index contributed by atoms with van der Waals surface area (Å²) in [5.74, 6) is 1.24. The van der Waals surface area contributed by atoms with Gasteiger partial charge in [-0.15, -0.1) is 0 Å². The van der Waals surface area contributed by atoms with Gasteiger partial charge in [-0.05, 0) is 37.6 Å². The minimum Gasteiger partial charge on any atom is -0.490 e. The third-order valence-electron chi connectivity index (χ3n) is 3.12. The van der Waals surface area contributed by atoms with Crippen molar-refractivity contribution in [2.75, 3.05) is 13.7 Å². The van der Waals surface area contributed by atoms with E-state index in [0.29, 0.717) is 23.9 Å². The van der Waals surface area contributed by atoms with Gasteiger partial charge in [0.15, 0.2) is 17.7 Å². The Morgan fingerprint density at radius 3 is 2.35 bits per heavy atom. The van der Waals surface area contributed by atoms with Crippen molar-refractivity contribution in [3.05, 3.63) is 36.7 Å². The highest BCUT2D eigenvalue weighted by Crippen LogP contribution is 2.20. The molecule has 6 heteroatoms. The minimum atomic E-state index is -0.603. The number of rotatable bonds is 7. The first-order valence-electron chi connectivity index (χ1n) is 7.43. The van der Waals surface area contributed by atoms with Gasteiger partial charge in [-0.2, -0.15) is 0 Å². The number of aromatic nitrogens is 2. The van der Waals surface area contributed by atoms with E-state index in [1.54, 1.807) is 43.6 Å². The molecule has 6 nitrogen and oxygen atoms in total. The zero-order valence-electron chi connectivity index (χ0n) is 13.5. The number of ether oxygens (including phenoxy) is 3. The predicted octanol–water partition coefficient (Wildman–Crippen LogP) is 2.87. The Balaban J connectivity index is 2.03. The summed E-state index contributed by atoms with van der Waals surface area (Å²) >= 11 is 0. The maximum absolute atomic E-state index is 11.6. The largest absolute Gasteiger partial charge is 0.490 e. The third-order valence-corrected chi connectivity index (χ3v) is 3.12. The lowest BCUT2D eigenvalue weighted by Crippen LogP contribution is -2.24. The van der Waals surface area contributed by atoms with E-state index in [9.17, 15) is 4.79 Å². The van der Waals surface area contributed by atoms with Crippen LogP contribution in [0.15, 0.2) is 36.7 Å². The maximum Gasteiger partial charge on any atom is 0.340 e. The number of carbonyl (C=O) groups excluding carboxylic acids is 1. The van der Waals surface area contributed by atoms with Gasteiger partial charge in [0.2, 0.25) is 0 Å². The van der Waals surface area contributed by atoms with Crippen molar-refractivity contribution in [2.24, 2.45) is 0 Å². The molecule has 0 N–H and O–H groups in total. The number of esters is 1. The van der Waals surface area contributed by atoms with Crippen molar-refractivity contribution < 1.29 is 19.0 Å². The van der Waals surface area contributed by atoms with Crippen molar-refractivity contribution in [3.8, 4) is 22.9 Å². The molecule has 0 radical (unpaired) electrons. The molecule has 1 unspecified atom stereocenters. The van der Waals surface area contributed by atoms with Crippen molar-refractivity contribution in [1.29, 1.82) is 0 Å². The van der Waals surface area contributed by atoms with Crippen LogP contribution >= 0.6 is 0 Å². The second kappa shape index (κ2) is 8.24. The summed E-state index contributed by atoms with van der Waals surface area (Å²) in [5, 5.41) is 0. The number of benzene rings is 1. The molecule has 2 rings (SSSR count). The molecule has 0 aliphatic rings. The smallest absolute Gasteiger partial charge is 0.340 e. The zero-order valence-corrected chi connectivity index (χ0v) is 13.5. The molecular weight excluding hydrogens is 296 g/mol. The standard InChI is InChI=1S/C17H20N2O4/c1-4-9-22-15-10-18-16(19-11-15)13-5-7-14(8-6-13)23-17(20)12(2)21-3/h5-8,10-12H,4,9H2,1-3H3. The fourth-order valence-electron chi connectivity index (χ4n) is 1.73. The van der Waals surface area contributed by atoms with Crippen LogP contribution in [-0.4, -0.2) is 35.8 Å². The molecule has 0 spiro atoms. The van der Waals surface area contributed by atoms with E-state index in [-0.39, 0.29) is 0 Å². The Kier molecular flexibility index (Phi) is 6.05. The van der Waals surface area contributed by atoms with Gasteiger partial charge in [-0.25, -0.2) is 14.8 Å². The summed E-state index contributed by atoms with van der Waals surface area (Å²) < 4.78 is 15.6. The lowest BCUT2D eigenvalue weighted by molar-refractivity contribution is -0.144. The van der Waals surface area contributed by atoms with Crippen LogP contribution in [0.4, 0.5) is 0 Å². The maximum atomic E-state index is 11.6. The van der Waals surface area contributed by atoms with E-state index < -0.39 is 12.1 Å². The fraction of sp³-hybridized carbons (Fsp3) is 0.353. The van der Waals surface area contributed by atoms with Gasteiger partial charge in [-0.1, -0.05) is 6.92 Å². The Morgan fingerprint density at radius 1 is 1.13 bits per heavy atom. The lowest BCUT2D eigenvalue weighted by atomic mass is 10.2. The molecule has 0 bridgehead atoms. The average Bonchev–Trinajstić information content (AvgIpc) is 2.60. The SMILES string of the molecule is CCCOc1cnc(-c2ccc(OC(=O)C(C)OC)cc2)nc1. The molecular formula is C17H20N2O4. The van der Waals surface area contributed by atoms with Crippen LogP contribution < -0.4 is 9.47 Å². The van der Waals surface area contributed by atoms with Crippen molar-refractivity contribution in [3.63, 3.8) is 0 Å². The van der Waals surface area contributed by atoms with Crippen LogP contribution in [0.5, 0.6) is 11.5 Å². The Labute approximate surface area is 135 Å². The van der Waals surface area contributed by atoms with Crippen LogP contribution in [0.2, 0.25) is 0 Å². The molecule has 1 aromatic carbocycles. The van der Waals surface area contributed by atoms with E-state index >= 15 is 0 Å². The Hall–Kier alpha value is -2.47. The number of hydrogen-bond donors (Lipinski definition) is 0. The summed E-state index contributed by atoms with van der Waals surface area (Å²) in [5.41, 5.74) is 0.826. The topological polar surface area (TPSA) is 70.5 Å². The zero-order chi connectivity index (χ0) is 16.7. The van der Waals surface area contributed by atoms with Gasteiger partial charge in [0, 0.05) is 12.7 Å². The summed E-state index contributed by atoms with van der Waals surface area (Å²) in [6.45, 7) is 4.31. The number of carbonyl (C=O) groups is 1. The number of hydrogen-bond acceptors (Lipinski definition) is 6. The van der Waals surface area contributed by atoms with Gasteiger partial charge >= 0.3 is 5.97 Å². The van der Waals surface area contributed by atoms with Crippen LogP contribution in [0, 0.1) is 0 Å². The molecule has 0 fully saturated rings. The van der Waals surface area contributed by atoms with E-state index in [1.807, 2.05) is 6.92 Å². The van der Waals surface area contributed by atoms with Gasteiger partial charge < -0.3 is 14.2 Å². The van der Waals surface area contributed by atoms with Gasteiger partial charge in [0.25, 0.3) is 0 Å². The van der Waals surface area contributed by atoms with Gasteiger partial charge in [-0.3, -0.25) is 0 Å². The van der Waals surface area contributed by atoms with Gasteiger partial charge in [0.05, 0.1) is 19.0 Å². The molecule has 23 heavy (non-hydrogen) atoms. The molecule has 122 valence electrons. The third kappa shape index (κ3) is 4.75. The number of methoxy groups -OCH3 is 1. The van der Waals surface area contributed by atoms with E-state index in [1.165, 1.54) is 7.11 Å². The first-order valence-corrected chi connectivity index (χ1v) is 7.43. The molecule has 0 saturated heterocycles. The highest BCUT2D eigenvalue weighted by molar-refractivity contribution is 5.77. The molecule has 0 aliphatic carbocycles. The Bertz CT molecular complexity index is 626. The molecule has 1 atom stereocenters. The number of nitrogens with zero attached hydrogens (tertiary/aromatic N) is 2. The molecule has 1 heterocycles. The summed E-state index contributed by atoms with van der Waals surface area (Å²) in [6, 6.07) is 6.98. The fourth-order valence-corrected chi connectivity index (χ4v) is 1.73. The van der Waals surface area contributed by atoms with Crippen molar-refractivity contribution in [2.45, 2.75) is 26.4 Å². The highest BCUT2D eigenvalue weighted by Gasteiger charge is 2.14. The summed E-state index contributed by atoms with van der Waals surface area (Å²) in [7, 11) is 1.46. The second-order valence-electron chi connectivity index (χ2n) is 4.91. The van der Waals surface area contributed by atoms with Gasteiger partial charge in [0.1, 0.15) is 5.75 Å². The second-order valence-corrected chi connectivity index (χ2v) is 4.91. The summed E-state index contributed by atoms with van der Waals surface area (Å²) in [6.07, 6.45) is 3.62. The van der Waals surface area contributed by atoms with Crippen LogP contribution in [0.3, 0.4) is 0 Å². The average molecular weight is 316 g/mol. The van der Waals surface area contributed by atoms with Crippen LogP contribution in [-0.2, 0) is 9.53 Å². The van der Waals surface area contributed by atoms with Crippen molar-refractivity contribution >= 4 is 5.97 Å². The molecule has 0 saturated carbocycles. The molecule has 0 amide bonds. The van der Waals surface area contributed by atoms with E-state index in [4.69, 9.17) is 14.2 Å². The highest BCUT2D eigenvalue weighted by atomic mass is 16.6. The molecule has 0 aliphatic heterocycles. The van der Waals surface area contributed by atoms with E-state index in [0.717, 1.165) is 12.0 Å². The first-order chi connectivity index (χ1) is 11.1. The summed E-state index contributed by atoms with van der Waals surface area (Å²) in [4.78, 5) is 20.2. The predicted molar refractivity (Wildman–Crippen MR) is 85.4 cm³/mol. The monoisotopic (exact) mass is 316 g/mol.